The highest BCUT2D eigenvalue weighted by atomic mass is 35.5. The first kappa shape index (κ1) is 15.6. The Balaban J connectivity index is 2.08. The molecule has 0 saturated carbocycles. The molecule has 0 aliphatic rings. The Morgan fingerprint density at radius 2 is 1.83 bits per heavy atom. The molecule has 2 N–H and O–H groups in total. The van der Waals surface area contributed by atoms with Gasteiger partial charge in [0.1, 0.15) is 5.56 Å². The Hall–Kier alpha value is -2.30. The van der Waals surface area contributed by atoms with Crippen LogP contribution in [0.1, 0.15) is 15.9 Å². The molecule has 1 amide bonds. The molecule has 0 saturated heterocycles. The number of hydrogen-bond donors (Lipinski definition) is 2. The summed E-state index contributed by atoms with van der Waals surface area (Å²) in [4.78, 5) is 27.5. The van der Waals surface area contributed by atoms with E-state index in [9.17, 15) is 9.59 Å². The number of carbonyl (C=O) groups is 1. The lowest BCUT2D eigenvalue weighted by Crippen LogP contribution is -2.25. The number of aromatic nitrogens is 1. The molecule has 1 heterocycles. The lowest BCUT2D eigenvalue weighted by atomic mass is 10.0. The number of aromatic amines is 1. The van der Waals surface area contributed by atoms with Gasteiger partial charge in [-0.2, -0.15) is 0 Å². The predicted molar refractivity (Wildman–Crippen MR) is 93.7 cm³/mol. The molecule has 0 aliphatic carbocycles. The smallest absolute Gasteiger partial charge is 0.261 e. The maximum Gasteiger partial charge on any atom is 0.261 e. The topological polar surface area (TPSA) is 62.0 Å². The zero-order valence-corrected chi connectivity index (χ0v) is 13.6. The summed E-state index contributed by atoms with van der Waals surface area (Å²) in [7, 11) is 0. The Labute approximate surface area is 142 Å². The minimum absolute atomic E-state index is 0.0553. The number of aryl methyl sites for hydroxylation is 1. The van der Waals surface area contributed by atoms with E-state index in [1.807, 2.05) is 18.2 Å². The SMILES string of the molecule is Cc1c(C(=O)Nc2cccc(Cl)c2Cl)c(=O)[nH]c2ccccc12. The number of carbonyl (C=O) groups excluding carboxylic acids is 1. The van der Waals surface area contributed by atoms with E-state index in [2.05, 4.69) is 10.3 Å². The van der Waals surface area contributed by atoms with Crippen molar-refractivity contribution in [1.82, 2.24) is 4.98 Å². The van der Waals surface area contributed by atoms with E-state index in [-0.39, 0.29) is 10.6 Å². The molecule has 3 rings (SSSR count). The van der Waals surface area contributed by atoms with Gasteiger partial charge in [0.05, 0.1) is 15.7 Å². The van der Waals surface area contributed by atoms with E-state index in [1.165, 1.54) is 0 Å². The Morgan fingerprint density at radius 1 is 1.09 bits per heavy atom. The molecule has 0 atom stereocenters. The van der Waals surface area contributed by atoms with Gasteiger partial charge in [-0.15, -0.1) is 0 Å². The second-order valence-corrected chi connectivity index (χ2v) is 5.84. The molecule has 6 heteroatoms. The maximum atomic E-state index is 12.5. The summed E-state index contributed by atoms with van der Waals surface area (Å²) < 4.78 is 0. The van der Waals surface area contributed by atoms with Crippen molar-refractivity contribution in [3.05, 3.63) is 74.0 Å². The summed E-state index contributed by atoms with van der Waals surface area (Å²) >= 11 is 12.0. The van der Waals surface area contributed by atoms with Crippen molar-refractivity contribution in [2.24, 2.45) is 0 Å². The highest BCUT2D eigenvalue weighted by Crippen LogP contribution is 2.30. The molecule has 0 fully saturated rings. The van der Waals surface area contributed by atoms with E-state index in [0.29, 0.717) is 21.8 Å². The number of benzene rings is 2. The Morgan fingerprint density at radius 3 is 2.61 bits per heavy atom. The zero-order valence-electron chi connectivity index (χ0n) is 12.1. The highest BCUT2D eigenvalue weighted by Gasteiger charge is 2.18. The third kappa shape index (κ3) is 2.83. The van der Waals surface area contributed by atoms with Gasteiger partial charge >= 0.3 is 0 Å². The van der Waals surface area contributed by atoms with E-state index < -0.39 is 11.5 Å². The monoisotopic (exact) mass is 346 g/mol. The third-order valence-corrected chi connectivity index (χ3v) is 4.43. The molecule has 0 radical (unpaired) electrons. The van der Waals surface area contributed by atoms with Crippen molar-refractivity contribution in [2.45, 2.75) is 6.92 Å². The van der Waals surface area contributed by atoms with Crippen molar-refractivity contribution >= 4 is 45.7 Å². The van der Waals surface area contributed by atoms with Gasteiger partial charge in [-0.3, -0.25) is 9.59 Å². The van der Waals surface area contributed by atoms with Gasteiger partial charge in [0.25, 0.3) is 11.5 Å². The average molecular weight is 347 g/mol. The molecule has 0 bridgehead atoms. The Bertz CT molecular complexity index is 980. The minimum atomic E-state index is -0.529. The fourth-order valence-corrected chi connectivity index (χ4v) is 2.82. The fraction of sp³-hybridized carbons (Fsp3) is 0.0588. The molecule has 23 heavy (non-hydrogen) atoms. The van der Waals surface area contributed by atoms with Crippen molar-refractivity contribution in [3.8, 4) is 0 Å². The minimum Gasteiger partial charge on any atom is -0.321 e. The third-order valence-electron chi connectivity index (χ3n) is 3.61. The molecule has 0 unspecified atom stereocenters. The summed E-state index contributed by atoms with van der Waals surface area (Å²) in [6.07, 6.45) is 0. The first-order chi connectivity index (χ1) is 11.0. The summed E-state index contributed by atoms with van der Waals surface area (Å²) in [5, 5.41) is 4.01. The van der Waals surface area contributed by atoms with E-state index in [4.69, 9.17) is 23.2 Å². The van der Waals surface area contributed by atoms with Crippen LogP contribution >= 0.6 is 23.2 Å². The number of para-hydroxylation sites is 1. The van der Waals surface area contributed by atoms with Crippen molar-refractivity contribution < 1.29 is 4.79 Å². The van der Waals surface area contributed by atoms with E-state index >= 15 is 0 Å². The maximum absolute atomic E-state index is 12.5. The van der Waals surface area contributed by atoms with Crippen LogP contribution < -0.4 is 10.9 Å². The quantitative estimate of drug-likeness (QED) is 0.722. The first-order valence-electron chi connectivity index (χ1n) is 6.86. The summed E-state index contributed by atoms with van der Waals surface area (Å²) in [5.41, 5.74) is 1.26. The number of hydrogen-bond acceptors (Lipinski definition) is 2. The molecular weight excluding hydrogens is 335 g/mol. The van der Waals surface area contributed by atoms with Crippen LogP contribution in [0.2, 0.25) is 10.0 Å². The summed E-state index contributed by atoms with van der Waals surface area (Å²) in [6, 6.07) is 12.2. The number of halogens is 2. The van der Waals surface area contributed by atoms with Gasteiger partial charge in [-0.25, -0.2) is 0 Å². The zero-order chi connectivity index (χ0) is 16.6. The van der Waals surface area contributed by atoms with Crippen molar-refractivity contribution in [2.75, 3.05) is 5.32 Å². The number of amides is 1. The Kier molecular flexibility index (Phi) is 4.11. The van der Waals surface area contributed by atoms with Gasteiger partial charge in [0, 0.05) is 10.9 Å². The molecule has 0 aliphatic heterocycles. The summed E-state index contributed by atoms with van der Waals surface area (Å²) in [5.74, 6) is -0.529. The van der Waals surface area contributed by atoms with Crippen LogP contribution in [0.3, 0.4) is 0 Å². The van der Waals surface area contributed by atoms with Gasteiger partial charge in [0.2, 0.25) is 0 Å². The molecule has 1 aromatic heterocycles. The van der Waals surface area contributed by atoms with Crippen LogP contribution in [0.4, 0.5) is 5.69 Å². The van der Waals surface area contributed by atoms with Gasteiger partial charge in [0.15, 0.2) is 0 Å². The fourth-order valence-electron chi connectivity index (χ4n) is 2.47. The van der Waals surface area contributed by atoms with Gasteiger partial charge < -0.3 is 10.3 Å². The number of anilines is 1. The van der Waals surface area contributed by atoms with Crippen LogP contribution in [-0.2, 0) is 0 Å². The molecule has 2 aromatic carbocycles. The van der Waals surface area contributed by atoms with Crippen molar-refractivity contribution in [1.29, 1.82) is 0 Å². The molecule has 4 nitrogen and oxygen atoms in total. The number of H-pyrrole nitrogens is 1. The molecule has 3 aromatic rings. The van der Waals surface area contributed by atoms with Gasteiger partial charge in [-0.05, 0) is 30.7 Å². The van der Waals surface area contributed by atoms with Gasteiger partial charge in [-0.1, -0.05) is 47.5 Å². The molecular formula is C17H12Cl2N2O2. The van der Waals surface area contributed by atoms with Crippen LogP contribution in [0.15, 0.2) is 47.3 Å². The molecule has 0 spiro atoms. The second kappa shape index (κ2) is 6.07. The number of fused-ring (bicyclic) bond motifs is 1. The van der Waals surface area contributed by atoms with E-state index in [1.54, 1.807) is 31.2 Å². The van der Waals surface area contributed by atoms with Crippen LogP contribution in [0, 0.1) is 6.92 Å². The van der Waals surface area contributed by atoms with E-state index in [0.717, 1.165) is 5.39 Å². The van der Waals surface area contributed by atoms with Crippen LogP contribution in [-0.4, -0.2) is 10.9 Å². The second-order valence-electron chi connectivity index (χ2n) is 5.06. The largest absolute Gasteiger partial charge is 0.321 e. The number of pyridine rings is 1. The highest BCUT2D eigenvalue weighted by molar-refractivity contribution is 6.44. The number of nitrogens with one attached hydrogen (secondary N) is 2. The lowest BCUT2D eigenvalue weighted by molar-refractivity contribution is 0.102. The average Bonchev–Trinajstić information content (AvgIpc) is 2.52. The molecule has 116 valence electrons. The first-order valence-corrected chi connectivity index (χ1v) is 7.61. The summed E-state index contributed by atoms with van der Waals surface area (Å²) in [6.45, 7) is 1.74. The van der Waals surface area contributed by atoms with Crippen LogP contribution in [0.5, 0.6) is 0 Å². The lowest BCUT2D eigenvalue weighted by Gasteiger charge is -2.11. The van der Waals surface area contributed by atoms with Crippen LogP contribution in [0.25, 0.3) is 10.9 Å². The van der Waals surface area contributed by atoms with Crippen molar-refractivity contribution in [3.63, 3.8) is 0 Å². The number of rotatable bonds is 2. The standard InChI is InChI=1S/C17H12Cl2N2O2/c1-9-10-5-2-3-7-12(10)20-16(22)14(9)17(23)21-13-8-4-6-11(18)15(13)19/h2-8H,1H3,(H,20,22)(H,21,23). The normalized spacial score (nSPS) is 10.7. The predicted octanol–water partition coefficient (Wildman–Crippen LogP) is 4.40.